The van der Waals surface area contributed by atoms with Crippen molar-refractivity contribution < 1.29 is 13.2 Å². The van der Waals surface area contributed by atoms with Gasteiger partial charge in [-0.2, -0.15) is 4.31 Å². The van der Waals surface area contributed by atoms with Crippen molar-refractivity contribution in [3.05, 3.63) is 18.2 Å². The first kappa shape index (κ1) is 25.1. The van der Waals surface area contributed by atoms with E-state index in [0.717, 1.165) is 12.1 Å². The van der Waals surface area contributed by atoms with E-state index in [1.165, 1.54) is 36.4 Å². The highest BCUT2D eigenvalue weighted by Gasteiger charge is 2.33. The fourth-order valence-corrected chi connectivity index (χ4v) is 6.74. The van der Waals surface area contributed by atoms with Crippen LogP contribution in [0.3, 0.4) is 0 Å². The van der Waals surface area contributed by atoms with E-state index in [2.05, 4.69) is 27.6 Å². The van der Waals surface area contributed by atoms with Crippen molar-refractivity contribution in [1.82, 2.24) is 29.5 Å². The van der Waals surface area contributed by atoms with Gasteiger partial charge in [-0.1, -0.05) is 24.5 Å². The minimum atomic E-state index is -3.71. The van der Waals surface area contributed by atoms with E-state index in [1.54, 1.807) is 22.9 Å². The van der Waals surface area contributed by atoms with Gasteiger partial charge in [0.05, 0.1) is 16.3 Å². The zero-order valence-electron chi connectivity index (χ0n) is 20.6. The molecule has 188 valence electrons. The molecule has 4 rings (SSSR count). The largest absolute Gasteiger partial charge is 0.355 e. The van der Waals surface area contributed by atoms with Crippen LogP contribution < -0.4 is 5.32 Å². The number of carbonyl (C=O) groups excluding carboxylic acids is 1. The molecule has 1 saturated heterocycles. The molecule has 2 aliphatic rings. The number of fused-ring (bicyclic) bond motifs is 1. The van der Waals surface area contributed by atoms with Crippen molar-refractivity contribution in [2.75, 3.05) is 33.2 Å². The number of benzene rings is 1. The first-order valence-electron chi connectivity index (χ1n) is 12.6. The van der Waals surface area contributed by atoms with Crippen LogP contribution in [0.5, 0.6) is 0 Å². The summed E-state index contributed by atoms with van der Waals surface area (Å²) in [5, 5.41) is 11.3. The summed E-state index contributed by atoms with van der Waals surface area (Å²) in [6.07, 6.45) is 7.75. The van der Waals surface area contributed by atoms with E-state index < -0.39 is 10.0 Å². The van der Waals surface area contributed by atoms with E-state index in [9.17, 15) is 13.2 Å². The van der Waals surface area contributed by atoms with E-state index in [4.69, 9.17) is 0 Å². The van der Waals surface area contributed by atoms with Crippen LogP contribution in [0, 0.1) is 5.92 Å². The SMILES string of the molecule is CC(C)n1nnc2cc(S(=O)(=O)N3CCC[C@@H](C(=O)NCCN(C)C4CCCCC4)C3)ccc21. The van der Waals surface area contributed by atoms with Gasteiger partial charge in [-0.15, -0.1) is 5.10 Å². The van der Waals surface area contributed by atoms with Crippen LogP contribution >= 0.6 is 0 Å². The number of piperidine rings is 1. The van der Waals surface area contributed by atoms with E-state index in [1.807, 2.05) is 13.8 Å². The smallest absolute Gasteiger partial charge is 0.243 e. The van der Waals surface area contributed by atoms with Crippen LogP contribution in [0.25, 0.3) is 11.0 Å². The van der Waals surface area contributed by atoms with Gasteiger partial charge in [0.1, 0.15) is 5.52 Å². The van der Waals surface area contributed by atoms with Gasteiger partial charge < -0.3 is 10.2 Å². The first-order valence-corrected chi connectivity index (χ1v) is 14.0. The molecule has 1 aliphatic carbocycles. The lowest BCUT2D eigenvalue weighted by Gasteiger charge is -2.32. The normalized spacial score (nSPS) is 20.9. The molecule has 2 aromatic rings. The van der Waals surface area contributed by atoms with Crippen LogP contribution in [0.1, 0.15) is 64.8 Å². The molecular weight excluding hydrogens is 452 g/mol. The molecule has 2 fully saturated rings. The molecule has 0 radical (unpaired) electrons. The average Bonchev–Trinajstić information content (AvgIpc) is 3.28. The molecule has 1 N–H and O–H groups in total. The number of sulfonamides is 1. The number of nitrogens with zero attached hydrogens (tertiary/aromatic N) is 5. The maximum absolute atomic E-state index is 13.4. The molecule has 1 aromatic carbocycles. The van der Waals surface area contributed by atoms with E-state index >= 15 is 0 Å². The molecular formula is C24H38N6O3S. The Kier molecular flexibility index (Phi) is 7.89. The monoisotopic (exact) mass is 490 g/mol. The minimum Gasteiger partial charge on any atom is -0.355 e. The Hall–Kier alpha value is -2.04. The molecule has 1 aromatic heterocycles. The third-order valence-corrected chi connectivity index (χ3v) is 9.15. The number of aromatic nitrogens is 3. The summed E-state index contributed by atoms with van der Waals surface area (Å²) in [6, 6.07) is 5.71. The Labute approximate surface area is 202 Å². The molecule has 1 atom stereocenters. The quantitative estimate of drug-likeness (QED) is 0.611. The van der Waals surface area contributed by atoms with Crippen molar-refractivity contribution in [2.24, 2.45) is 5.92 Å². The number of hydrogen-bond acceptors (Lipinski definition) is 6. The molecule has 0 spiro atoms. The Bertz CT molecular complexity index is 1090. The van der Waals surface area contributed by atoms with Gasteiger partial charge in [0.2, 0.25) is 15.9 Å². The lowest BCUT2D eigenvalue weighted by molar-refractivity contribution is -0.126. The lowest BCUT2D eigenvalue weighted by Crippen LogP contribution is -2.47. The van der Waals surface area contributed by atoms with Gasteiger partial charge in [-0.3, -0.25) is 4.79 Å². The summed E-state index contributed by atoms with van der Waals surface area (Å²) in [5.74, 6) is -0.374. The highest BCUT2D eigenvalue weighted by atomic mass is 32.2. The number of nitrogens with one attached hydrogen (secondary N) is 1. The van der Waals surface area contributed by atoms with Crippen LogP contribution in [0.2, 0.25) is 0 Å². The van der Waals surface area contributed by atoms with E-state index in [0.29, 0.717) is 37.5 Å². The second kappa shape index (κ2) is 10.7. The third-order valence-electron chi connectivity index (χ3n) is 7.29. The Morgan fingerprint density at radius 1 is 1.18 bits per heavy atom. The predicted molar refractivity (Wildman–Crippen MR) is 132 cm³/mol. The van der Waals surface area contributed by atoms with Crippen molar-refractivity contribution in [3.8, 4) is 0 Å². The van der Waals surface area contributed by atoms with Crippen molar-refractivity contribution in [2.45, 2.75) is 75.8 Å². The van der Waals surface area contributed by atoms with Crippen LogP contribution in [-0.2, 0) is 14.8 Å². The van der Waals surface area contributed by atoms with Gasteiger partial charge in [0, 0.05) is 38.3 Å². The van der Waals surface area contributed by atoms with Gasteiger partial charge in [-0.05, 0) is 64.8 Å². The molecule has 1 saturated carbocycles. The van der Waals surface area contributed by atoms with Gasteiger partial charge >= 0.3 is 0 Å². The molecule has 0 bridgehead atoms. The first-order chi connectivity index (χ1) is 16.3. The van der Waals surface area contributed by atoms with Crippen molar-refractivity contribution in [3.63, 3.8) is 0 Å². The maximum atomic E-state index is 13.4. The fourth-order valence-electron chi connectivity index (χ4n) is 5.19. The standard InChI is InChI=1S/C24H38N6O3S/c1-18(2)30-23-12-11-21(16-22(23)26-27-30)34(32,33)29-14-7-8-19(17-29)24(31)25-13-15-28(3)20-9-5-4-6-10-20/h11-12,16,18-20H,4-10,13-15,17H2,1-3H3,(H,25,31)/t19-/m1/s1. The Balaban J connectivity index is 1.35. The zero-order chi connectivity index (χ0) is 24.3. The summed E-state index contributed by atoms with van der Waals surface area (Å²) in [5.41, 5.74) is 1.37. The second-order valence-electron chi connectivity index (χ2n) is 10.0. The average molecular weight is 491 g/mol. The number of hydrogen-bond donors (Lipinski definition) is 1. The van der Waals surface area contributed by atoms with Crippen LogP contribution in [0.15, 0.2) is 23.1 Å². The molecule has 10 heteroatoms. The van der Waals surface area contributed by atoms with Crippen LogP contribution in [-0.4, -0.2) is 77.8 Å². The topological polar surface area (TPSA) is 100 Å². The second-order valence-corrected chi connectivity index (χ2v) is 12.0. The zero-order valence-corrected chi connectivity index (χ0v) is 21.4. The van der Waals surface area contributed by atoms with Gasteiger partial charge in [0.15, 0.2) is 0 Å². The molecule has 1 aliphatic heterocycles. The number of rotatable bonds is 8. The number of likely N-dealkylation sites (N-methyl/N-ethyl adjacent to an activating group) is 1. The summed E-state index contributed by atoms with van der Waals surface area (Å²) >= 11 is 0. The van der Waals surface area contributed by atoms with Gasteiger partial charge in [-0.25, -0.2) is 13.1 Å². The van der Waals surface area contributed by atoms with Crippen LogP contribution in [0.4, 0.5) is 0 Å². The van der Waals surface area contributed by atoms with Crippen molar-refractivity contribution >= 4 is 27.0 Å². The Morgan fingerprint density at radius 3 is 2.68 bits per heavy atom. The molecule has 0 unspecified atom stereocenters. The minimum absolute atomic E-state index is 0.0488. The summed E-state index contributed by atoms with van der Waals surface area (Å²) < 4.78 is 29.9. The summed E-state index contributed by atoms with van der Waals surface area (Å²) in [7, 11) is -1.58. The maximum Gasteiger partial charge on any atom is 0.243 e. The lowest BCUT2D eigenvalue weighted by atomic mass is 9.94. The van der Waals surface area contributed by atoms with E-state index in [-0.39, 0.29) is 29.3 Å². The Morgan fingerprint density at radius 2 is 1.94 bits per heavy atom. The molecule has 34 heavy (non-hydrogen) atoms. The predicted octanol–water partition coefficient (Wildman–Crippen LogP) is 2.79. The fraction of sp³-hybridized carbons (Fsp3) is 0.708. The highest BCUT2D eigenvalue weighted by molar-refractivity contribution is 7.89. The molecule has 1 amide bonds. The molecule has 2 heterocycles. The summed E-state index contributed by atoms with van der Waals surface area (Å²) in [6.45, 7) is 6.06. The highest BCUT2D eigenvalue weighted by Crippen LogP contribution is 2.26. The number of carbonyl (C=O) groups is 1. The van der Waals surface area contributed by atoms with Crippen molar-refractivity contribution in [1.29, 1.82) is 0 Å². The number of amides is 1. The third kappa shape index (κ3) is 5.44. The summed E-state index contributed by atoms with van der Waals surface area (Å²) in [4.78, 5) is 15.4. The molecule has 9 nitrogen and oxygen atoms in total. The van der Waals surface area contributed by atoms with Gasteiger partial charge in [0.25, 0.3) is 0 Å².